The number of aliphatic imine (C=N–C) groups is 1. The maximum Gasteiger partial charge on any atom is 0.338 e. The van der Waals surface area contributed by atoms with Gasteiger partial charge in [0.05, 0.1) is 44.1 Å². The number of nitrogens with zero attached hydrogens (tertiary/aromatic N) is 2. The van der Waals surface area contributed by atoms with Crippen molar-refractivity contribution in [2.45, 2.75) is 13.8 Å². The van der Waals surface area contributed by atoms with Crippen molar-refractivity contribution in [3.63, 3.8) is 0 Å². The number of benzene rings is 2. The summed E-state index contributed by atoms with van der Waals surface area (Å²) < 4.78 is 21.2. The van der Waals surface area contributed by atoms with E-state index in [2.05, 4.69) is 4.99 Å². The van der Waals surface area contributed by atoms with Crippen molar-refractivity contribution in [2.75, 3.05) is 34.5 Å². The predicted octanol–water partition coefficient (Wildman–Crippen LogP) is 4.51. The topological polar surface area (TPSA) is 86.7 Å². The van der Waals surface area contributed by atoms with Crippen LogP contribution in [0.5, 0.6) is 17.2 Å². The first-order valence-corrected chi connectivity index (χ1v) is 11.1. The van der Waals surface area contributed by atoms with E-state index in [1.54, 1.807) is 68.5 Å². The van der Waals surface area contributed by atoms with Gasteiger partial charge in [-0.1, -0.05) is 0 Å². The molecule has 2 aromatic rings. The summed E-state index contributed by atoms with van der Waals surface area (Å²) in [5, 5.41) is 0.560. The molecule has 1 saturated heterocycles. The van der Waals surface area contributed by atoms with E-state index in [1.165, 1.54) is 18.9 Å². The number of thioether (sulfide) groups is 1. The van der Waals surface area contributed by atoms with Crippen molar-refractivity contribution in [3.8, 4) is 17.2 Å². The molecule has 0 unspecified atom stereocenters. The van der Waals surface area contributed by atoms with Crippen LogP contribution in [0.3, 0.4) is 0 Å². The highest BCUT2D eigenvalue weighted by Gasteiger charge is 2.32. The lowest BCUT2D eigenvalue weighted by atomic mass is 10.1. The molecule has 0 aromatic heterocycles. The quantitative estimate of drug-likeness (QED) is 0.414. The number of ether oxygens (including phenoxy) is 4. The highest BCUT2D eigenvalue weighted by molar-refractivity contribution is 8.18. The van der Waals surface area contributed by atoms with E-state index in [-0.39, 0.29) is 11.9 Å². The number of amides is 1. The van der Waals surface area contributed by atoms with Gasteiger partial charge < -0.3 is 18.9 Å². The van der Waals surface area contributed by atoms with E-state index in [1.807, 2.05) is 6.92 Å². The Morgan fingerprint density at radius 2 is 1.67 bits per heavy atom. The predicted molar refractivity (Wildman–Crippen MR) is 129 cm³/mol. The van der Waals surface area contributed by atoms with Crippen molar-refractivity contribution >= 4 is 40.6 Å². The molecule has 0 saturated carbocycles. The fourth-order valence-electron chi connectivity index (χ4n) is 3.20. The zero-order valence-corrected chi connectivity index (χ0v) is 20.0. The Balaban J connectivity index is 1.91. The van der Waals surface area contributed by atoms with Gasteiger partial charge in [0.15, 0.2) is 16.7 Å². The molecular weight excluding hydrogens is 444 g/mol. The van der Waals surface area contributed by atoms with Gasteiger partial charge in [-0.05, 0) is 73.6 Å². The lowest BCUT2D eigenvalue weighted by Gasteiger charge is -2.13. The molecule has 1 amide bonds. The van der Waals surface area contributed by atoms with Crippen LogP contribution in [-0.4, -0.2) is 56.4 Å². The Morgan fingerprint density at radius 3 is 2.18 bits per heavy atom. The summed E-state index contributed by atoms with van der Waals surface area (Å²) in [5.74, 6) is 0.964. The highest BCUT2D eigenvalue weighted by Crippen LogP contribution is 2.40. The number of hydrogen-bond donors (Lipinski definition) is 0. The summed E-state index contributed by atoms with van der Waals surface area (Å²) in [6.07, 6.45) is 1.77. The molecule has 174 valence electrons. The first-order chi connectivity index (χ1) is 15.9. The molecule has 0 atom stereocenters. The van der Waals surface area contributed by atoms with Crippen molar-refractivity contribution in [1.82, 2.24) is 4.90 Å². The maximum absolute atomic E-state index is 13.0. The van der Waals surface area contributed by atoms with Crippen molar-refractivity contribution in [2.24, 2.45) is 4.99 Å². The molecule has 1 fully saturated rings. The lowest BCUT2D eigenvalue weighted by molar-refractivity contribution is -0.122. The second kappa shape index (κ2) is 10.9. The van der Waals surface area contributed by atoms with Crippen LogP contribution in [-0.2, 0) is 9.53 Å². The number of carbonyl (C=O) groups is 2. The number of hydrogen-bond acceptors (Lipinski definition) is 8. The molecule has 0 N–H and O–H groups in total. The Morgan fingerprint density at radius 1 is 1.03 bits per heavy atom. The van der Waals surface area contributed by atoms with Crippen LogP contribution in [0.4, 0.5) is 5.69 Å². The van der Waals surface area contributed by atoms with E-state index in [9.17, 15) is 9.59 Å². The summed E-state index contributed by atoms with van der Waals surface area (Å²) in [7, 11) is 4.62. The van der Waals surface area contributed by atoms with Gasteiger partial charge in [-0.3, -0.25) is 9.69 Å². The largest absolute Gasteiger partial charge is 0.493 e. The zero-order valence-electron chi connectivity index (χ0n) is 19.2. The summed E-state index contributed by atoms with van der Waals surface area (Å²) in [6.45, 7) is 4.43. The van der Waals surface area contributed by atoms with Crippen LogP contribution < -0.4 is 14.2 Å². The van der Waals surface area contributed by atoms with Crippen LogP contribution in [0.1, 0.15) is 29.8 Å². The smallest absolute Gasteiger partial charge is 0.338 e. The van der Waals surface area contributed by atoms with Gasteiger partial charge in [0.2, 0.25) is 5.75 Å². The van der Waals surface area contributed by atoms with Crippen LogP contribution in [0.15, 0.2) is 46.3 Å². The van der Waals surface area contributed by atoms with Crippen LogP contribution in [0.2, 0.25) is 0 Å². The monoisotopic (exact) mass is 470 g/mol. The second-order valence-corrected chi connectivity index (χ2v) is 7.79. The number of esters is 1. The number of likely N-dealkylation sites (N-methyl/N-ethyl adjacent to an activating group) is 1. The van der Waals surface area contributed by atoms with Gasteiger partial charge in [-0.25, -0.2) is 9.79 Å². The number of methoxy groups -OCH3 is 3. The average Bonchev–Trinajstić information content (AvgIpc) is 3.12. The lowest BCUT2D eigenvalue weighted by Crippen LogP contribution is -2.28. The van der Waals surface area contributed by atoms with Crippen molar-refractivity contribution in [3.05, 3.63) is 52.4 Å². The minimum atomic E-state index is -0.382. The number of rotatable bonds is 8. The second-order valence-electron chi connectivity index (χ2n) is 6.78. The van der Waals surface area contributed by atoms with E-state index < -0.39 is 0 Å². The number of amidine groups is 1. The normalized spacial score (nSPS) is 15.8. The zero-order chi connectivity index (χ0) is 24.0. The fourth-order valence-corrected chi connectivity index (χ4v) is 4.27. The van der Waals surface area contributed by atoms with Crippen LogP contribution in [0.25, 0.3) is 6.08 Å². The molecule has 33 heavy (non-hydrogen) atoms. The molecule has 1 aliphatic rings. The molecule has 3 rings (SSSR count). The summed E-state index contributed by atoms with van der Waals surface area (Å²) >= 11 is 1.28. The molecule has 1 heterocycles. The minimum Gasteiger partial charge on any atom is -0.493 e. The van der Waals surface area contributed by atoms with Crippen molar-refractivity contribution < 1.29 is 28.5 Å². The molecule has 0 bridgehead atoms. The molecule has 0 radical (unpaired) electrons. The van der Waals surface area contributed by atoms with Crippen LogP contribution >= 0.6 is 11.8 Å². The first-order valence-electron chi connectivity index (χ1n) is 10.3. The standard InChI is InChI=1S/C24H26N2O6S/c1-6-26-22(27)20(14-15-12-18(29-3)21(31-5)19(13-15)30-4)33-24(26)25-17-10-8-16(9-11-17)23(28)32-7-2/h8-14H,6-7H2,1-5H3/b20-14+,25-24?. The van der Waals surface area contributed by atoms with Crippen molar-refractivity contribution in [1.29, 1.82) is 0 Å². The summed E-state index contributed by atoms with van der Waals surface area (Å²) in [5.41, 5.74) is 1.81. The fraction of sp³-hybridized carbons (Fsp3) is 0.292. The highest BCUT2D eigenvalue weighted by atomic mass is 32.2. The Kier molecular flexibility index (Phi) is 8.00. The van der Waals surface area contributed by atoms with E-state index >= 15 is 0 Å². The van der Waals surface area contributed by atoms with E-state index in [0.717, 1.165) is 5.56 Å². The Bertz CT molecular complexity index is 1070. The first kappa shape index (κ1) is 24.2. The maximum atomic E-state index is 13.0. The molecule has 8 nitrogen and oxygen atoms in total. The summed E-state index contributed by atoms with van der Waals surface area (Å²) in [6, 6.07) is 10.3. The van der Waals surface area contributed by atoms with Crippen LogP contribution in [0, 0.1) is 0 Å². The van der Waals surface area contributed by atoms with E-state index in [0.29, 0.717) is 51.7 Å². The average molecular weight is 471 g/mol. The molecule has 0 spiro atoms. The van der Waals surface area contributed by atoms with E-state index in [4.69, 9.17) is 18.9 Å². The molecule has 9 heteroatoms. The third-order valence-corrected chi connectivity index (χ3v) is 5.80. The SMILES string of the molecule is CCOC(=O)c1ccc(N=C2S/C(=C/c3cc(OC)c(OC)c(OC)c3)C(=O)N2CC)cc1. The molecule has 1 aliphatic heterocycles. The Hall–Kier alpha value is -3.46. The van der Waals surface area contributed by atoms with Gasteiger partial charge >= 0.3 is 5.97 Å². The van der Waals surface area contributed by atoms with Gasteiger partial charge in [-0.2, -0.15) is 0 Å². The van der Waals surface area contributed by atoms with Gasteiger partial charge in [-0.15, -0.1) is 0 Å². The van der Waals surface area contributed by atoms with Gasteiger partial charge in [0.1, 0.15) is 0 Å². The van der Waals surface area contributed by atoms with Gasteiger partial charge in [0.25, 0.3) is 5.91 Å². The third-order valence-electron chi connectivity index (χ3n) is 4.79. The molecule has 2 aromatic carbocycles. The molecule has 0 aliphatic carbocycles. The Labute approximate surface area is 197 Å². The molecular formula is C24H26N2O6S. The minimum absolute atomic E-state index is 0.141. The van der Waals surface area contributed by atoms with Gasteiger partial charge in [0, 0.05) is 6.54 Å². The summed E-state index contributed by atoms with van der Waals surface area (Å²) in [4.78, 5) is 31.6. The number of carbonyl (C=O) groups excluding carboxylic acids is 2. The third kappa shape index (κ3) is 5.31.